The SMILES string of the molecule is Cn1cc(-n2nccc2Cl)cn1. The molecule has 0 saturated carbocycles. The van der Waals surface area contributed by atoms with Crippen LogP contribution >= 0.6 is 11.6 Å². The van der Waals surface area contributed by atoms with Gasteiger partial charge in [0.25, 0.3) is 0 Å². The molecule has 12 heavy (non-hydrogen) atoms. The average molecular weight is 183 g/mol. The lowest BCUT2D eigenvalue weighted by Gasteiger charge is -1.95. The number of rotatable bonds is 1. The molecule has 0 amide bonds. The van der Waals surface area contributed by atoms with Crippen LogP contribution < -0.4 is 0 Å². The Labute approximate surface area is 74.4 Å². The first-order valence-corrected chi connectivity index (χ1v) is 3.84. The zero-order valence-corrected chi connectivity index (χ0v) is 7.23. The summed E-state index contributed by atoms with van der Waals surface area (Å²) in [6.45, 7) is 0. The Hall–Kier alpha value is -1.29. The molecule has 0 N–H and O–H groups in total. The van der Waals surface area contributed by atoms with Crippen LogP contribution in [0.25, 0.3) is 5.69 Å². The molecule has 0 fully saturated rings. The molecule has 0 aliphatic heterocycles. The molecule has 0 saturated heterocycles. The fourth-order valence-electron chi connectivity index (χ4n) is 0.995. The molecule has 5 heteroatoms. The maximum Gasteiger partial charge on any atom is 0.133 e. The van der Waals surface area contributed by atoms with Crippen LogP contribution in [0.4, 0.5) is 0 Å². The molecule has 2 aromatic rings. The standard InChI is InChI=1S/C7H7ClN4/c1-11-5-6(4-10-11)12-7(8)2-3-9-12/h2-5H,1H3. The van der Waals surface area contributed by atoms with Crippen LogP contribution in [0.15, 0.2) is 24.7 Å². The number of aromatic nitrogens is 4. The summed E-state index contributed by atoms with van der Waals surface area (Å²) in [4.78, 5) is 0. The second kappa shape index (κ2) is 2.64. The van der Waals surface area contributed by atoms with Crippen LogP contribution in [0.5, 0.6) is 0 Å². The molecule has 0 spiro atoms. The van der Waals surface area contributed by atoms with E-state index >= 15 is 0 Å². The molecular weight excluding hydrogens is 176 g/mol. The van der Waals surface area contributed by atoms with Crippen molar-refractivity contribution in [3.8, 4) is 5.69 Å². The van der Waals surface area contributed by atoms with Crippen LogP contribution in [0.3, 0.4) is 0 Å². The van der Waals surface area contributed by atoms with Gasteiger partial charge in [0.15, 0.2) is 0 Å². The van der Waals surface area contributed by atoms with E-state index in [0.717, 1.165) is 5.69 Å². The number of hydrogen-bond donors (Lipinski definition) is 0. The van der Waals surface area contributed by atoms with Gasteiger partial charge in [-0.2, -0.15) is 10.2 Å². The molecular formula is C7H7ClN4. The van der Waals surface area contributed by atoms with Crippen molar-refractivity contribution >= 4 is 11.6 Å². The van der Waals surface area contributed by atoms with E-state index in [4.69, 9.17) is 11.6 Å². The topological polar surface area (TPSA) is 35.6 Å². The number of nitrogens with zero attached hydrogens (tertiary/aromatic N) is 4. The van der Waals surface area contributed by atoms with Crippen molar-refractivity contribution in [3.63, 3.8) is 0 Å². The van der Waals surface area contributed by atoms with Crippen LogP contribution in [-0.4, -0.2) is 19.6 Å². The van der Waals surface area contributed by atoms with Crippen molar-refractivity contribution in [2.24, 2.45) is 7.05 Å². The van der Waals surface area contributed by atoms with Crippen molar-refractivity contribution in [2.45, 2.75) is 0 Å². The first-order valence-electron chi connectivity index (χ1n) is 3.46. The van der Waals surface area contributed by atoms with Gasteiger partial charge >= 0.3 is 0 Å². The van der Waals surface area contributed by atoms with Gasteiger partial charge < -0.3 is 0 Å². The van der Waals surface area contributed by atoms with Crippen LogP contribution in [0, 0.1) is 0 Å². The highest BCUT2D eigenvalue weighted by Gasteiger charge is 2.02. The van der Waals surface area contributed by atoms with Gasteiger partial charge in [-0.15, -0.1) is 0 Å². The number of halogens is 1. The summed E-state index contributed by atoms with van der Waals surface area (Å²) >= 11 is 5.85. The van der Waals surface area contributed by atoms with Crippen LogP contribution in [0.2, 0.25) is 5.15 Å². The third kappa shape index (κ3) is 1.10. The quantitative estimate of drug-likeness (QED) is 0.666. The Morgan fingerprint density at radius 2 is 2.25 bits per heavy atom. The molecule has 0 unspecified atom stereocenters. The Morgan fingerprint density at radius 1 is 1.42 bits per heavy atom. The molecule has 0 aliphatic carbocycles. The Bertz CT molecular complexity index is 390. The van der Waals surface area contributed by atoms with E-state index in [1.54, 1.807) is 27.8 Å². The minimum atomic E-state index is 0.586. The summed E-state index contributed by atoms with van der Waals surface area (Å²) in [7, 11) is 1.85. The Balaban J connectivity index is 2.50. The largest absolute Gasteiger partial charge is 0.274 e. The molecule has 62 valence electrons. The lowest BCUT2D eigenvalue weighted by atomic mass is 10.6. The van der Waals surface area contributed by atoms with Gasteiger partial charge in [0.05, 0.1) is 18.6 Å². The van der Waals surface area contributed by atoms with Crippen molar-refractivity contribution in [2.75, 3.05) is 0 Å². The van der Waals surface area contributed by atoms with E-state index in [2.05, 4.69) is 10.2 Å². The summed E-state index contributed by atoms with van der Waals surface area (Å²) in [6.07, 6.45) is 5.20. The lowest BCUT2D eigenvalue weighted by molar-refractivity contribution is 0.766. The molecule has 0 atom stereocenters. The highest BCUT2D eigenvalue weighted by atomic mass is 35.5. The maximum atomic E-state index is 5.85. The second-order valence-electron chi connectivity index (χ2n) is 2.44. The summed E-state index contributed by atoms with van der Waals surface area (Å²) in [5.74, 6) is 0. The van der Waals surface area contributed by atoms with Crippen LogP contribution in [0.1, 0.15) is 0 Å². The highest BCUT2D eigenvalue weighted by molar-refractivity contribution is 6.29. The molecule has 0 aromatic carbocycles. The predicted octanol–water partition coefficient (Wildman–Crippen LogP) is 1.26. The Morgan fingerprint density at radius 3 is 2.75 bits per heavy atom. The summed E-state index contributed by atoms with van der Waals surface area (Å²) in [5.41, 5.74) is 0.868. The summed E-state index contributed by atoms with van der Waals surface area (Å²) in [6, 6.07) is 1.73. The number of hydrogen-bond acceptors (Lipinski definition) is 2. The first-order chi connectivity index (χ1) is 5.77. The van der Waals surface area contributed by atoms with Gasteiger partial charge in [-0.1, -0.05) is 11.6 Å². The van der Waals surface area contributed by atoms with E-state index in [0.29, 0.717) is 5.15 Å². The average Bonchev–Trinajstić information content (AvgIpc) is 2.58. The Kier molecular flexibility index (Phi) is 1.62. The molecule has 2 heterocycles. The van der Waals surface area contributed by atoms with E-state index in [1.165, 1.54) is 0 Å². The zero-order chi connectivity index (χ0) is 8.55. The third-order valence-electron chi connectivity index (χ3n) is 1.53. The monoisotopic (exact) mass is 182 g/mol. The molecule has 0 bridgehead atoms. The molecule has 0 aliphatic rings. The predicted molar refractivity (Wildman–Crippen MR) is 45.3 cm³/mol. The van der Waals surface area contributed by atoms with E-state index in [-0.39, 0.29) is 0 Å². The summed E-state index contributed by atoms with van der Waals surface area (Å²) in [5, 5.41) is 8.63. The van der Waals surface area contributed by atoms with E-state index in [1.807, 2.05) is 13.2 Å². The van der Waals surface area contributed by atoms with Gasteiger partial charge in [0.2, 0.25) is 0 Å². The fourth-order valence-corrected chi connectivity index (χ4v) is 1.19. The normalized spacial score (nSPS) is 10.5. The minimum Gasteiger partial charge on any atom is -0.274 e. The molecule has 4 nitrogen and oxygen atoms in total. The third-order valence-corrected chi connectivity index (χ3v) is 1.82. The highest BCUT2D eigenvalue weighted by Crippen LogP contribution is 2.12. The zero-order valence-electron chi connectivity index (χ0n) is 6.48. The van der Waals surface area contributed by atoms with Gasteiger partial charge in [-0.3, -0.25) is 4.68 Å². The fraction of sp³-hybridized carbons (Fsp3) is 0.143. The maximum absolute atomic E-state index is 5.85. The van der Waals surface area contributed by atoms with Crippen molar-refractivity contribution in [3.05, 3.63) is 29.8 Å². The van der Waals surface area contributed by atoms with Crippen molar-refractivity contribution < 1.29 is 0 Å². The first kappa shape index (κ1) is 7.36. The van der Waals surface area contributed by atoms with E-state index < -0.39 is 0 Å². The lowest BCUT2D eigenvalue weighted by Crippen LogP contribution is -1.93. The van der Waals surface area contributed by atoms with Crippen molar-refractivity contribution in [1.29, 1.82) is 0 Å². The number of aryl methyl sites for hydroxylation is 1. The summed E-state index contributed by atoms with van der Waals surface area (Å²) < 4.78 is 3.32. The minimum absolute atomic E-state index is 0.586. The molecule has 2 rings (SSSR count). The smallest absolute Gasteiger partial charge is 0.133 e. The van der Waals surface area contributed by atoms with Crippen LogP contribution in [-0.2, 0) is 7.05 Å². The second-order valence-corrected chi connectivity index (χ2v) is 2.83. The van der Waals surface area contributed by atoms with Gasteiger partial charge in [0, 0.05) is 7.05 Å². The van der Waals surface area contributed by atoms with Gasteiger partial charge in [0.1, 0.15) is 10.8 Å². The van der Waals surface area contributed by atoms with Gasteiger partial charge in [-0.05, 0) is 6.07 Å². The van der Waals surface area contributed by atoms with Crippen molar-refractivity contribution in [1.82, 2.24) is 19.6 Å². The van der Waals surface area contributed by atoms with E-state index in [9.17, 15) is 0 Å². The molecule has 0 radical (unpaired) electrons. The van der Waals surface area contributed by atoms with Gasteiger partial charge in [-0.25, -0.2) is 4.68 Å². The molecule has 2 aromatic heterocycles.